The smallest absolute Gasteiger partial charge is 0.174 e. The highest BCUT2D eigenvalue weighted by molar-refractivity contribution is 7.12. The van der Waals surface area contributed by atoms with Crippen LogP contribution in [0.2, 0.25) is 0 Å². The van der Waals surface area contributed by atoms with Gasteiger partial charge < -0.3 is 5.32 Å². The van der Waals surface area contributed by atoms with Crippen molar-refractivity contribution in [1.29, 1.82) is 5.26 Å². The normalized spacial score (nSPS) is 9.72. The number of nitrogens with one attached hydrogen (secondary N) is 1. The third-order valence-corrected chi connectivity index (χ3v) is 3.38. The maximum Gasteiger partial charge on any atom is 0.174 e. The van der Waals surface area contributed by atoms with E-state index in [0.717, 1.165) is 10.6 Å². The lowest BCUT2D eigenvalue weighted by atomic mass is 10.2. The Morgan fingerprint density at radius 1 is 1.33 bits per heavy atom. The van der Waals surface area contributed by atoms with Crippen molar-refractivity contribution in [1.82, 2.24) is 0 Å². The van der Waals surface area contributed by atoms with Crippen molar-refractivity contribution in [3.8, 4) is 6.07 Å². The fraction of sp³-hybridized carbons (Fsp3) is 0.143. The number of nitrogens with zero attached hydrogens (tertiary/aromatic N) is 1. The topological polar surface area (TPSA) is 52.9 Å². The second-order valence-corrected chi connectivity index (χ2v) is 4.72. The number of hydrogen-bond acceptors (Lipinski definition) is 4. The molecule has 0 unspecified atom stereocenters. The Morgan fingerprint density at radius 2 is 2.22 bits per heavy atom. The Bertz CT molecular complexity index is 570. The van der Waals surface area contributed by atoms with Gasteiger partial charge in [0.1, 0.15) is 0 Å². The van der Waals surface area contributed by atoms with Crippen LogP contribution in [0.25, 0.3) is 0 Å². The number of benzene rings is 1. The van der Waals surface area contributed by atoms with E-state index < -0.39 is 0 Å². The number of nitriles is 1. The lowest BCUT2D eigenvalue weighted by Gasteiger charge is -2.05. The highest BCUT2D eigenvalue weighted by atomic mass is 32.1. The fourth-order valence-corrected chi connectivity index (χ4v) is 2.27. The van der Waals surface area contributed by atoms with E-state index in [0.29, 0.717) is 18.5 Å². The van der Waals surface area contributed by atoms with Gasteiger partial charge in [-0.25, -0.2) is 0 Å². The van der Waals surface area contributed by atoms with E-state index in [4.69, 9.17) is 5.26 Å². The number of rotatable bonds is 5. The molecular weight excluding hydrogens is 244 g/mol. The van der Waals surface area contributed by atoms with Crippen molar-refractivity contribution >= 4 is 22.8 Å². The molecule has 0 aliphatic heterocycles. The van der Waals surface area contributed by atoms with Crippen molar-refractivity contribution in [2.45, 2.75) is 6.42 Å². The van der Waals surface area contributed by atoms with Gasteiger partial charge in [-0.2, -0.15) is 5.26 Å². The summed E-state index contributed by atoms with van der Waals surface area (Å²) in [6.07, 6.45) is 0.456. The van der Waals surface area contributed by atoms with Crippen molar-refractivity contribution in [3.05, 3.63) is 52.2 Å². The molecule has 0 saturated carbocycles. The van der Waals surface area contributed by atoms with Crippen LogP contribution in [0.5, 0.6) is 0 Å². The molecule has 0 aliphatic rings. The van der Waals surface area contributed by atoms with Crippen molar-refractivity contribution in [2.75, 3.05) is 11.9 Å². The van der Waals surface area contributed by atoms with Crippen LogP contribution in [0.4, 0.5) is 5.69 Å². The number of Topliss-reactive ketones (excluding diaryl/α,β-unsaturated/α-hetero) is 1. The van der Waals surface area contributed by atoms with Gasteiger partial charge in [0.2, 0.25) is 0 Å². The summed E-state index contributed by atoms with van der Waals surface area (Å²) in [5.41, 5.74) is 1.48. The van der Waals surface area contributed by atoms with Gasteiger partial charge in [0.15, 0.2) is 5.78 Å². The van der Waals surface area contributed by atoms with Crippen molar-refractivity contribution in [2.24, 2.45) is 0 Å². The molecule has 1 heterocycles. The summed E-state index contributed by atoms with van der Waals surface area (Å²) in [5, 5.41) is 13.8. The molecule has 90 valence electrons. The zero-order valence-electron chi connectivity index (χ0n) is 9.72. The summed E-state index contributed by atoms with van der Waals surface area (Å²) in [5.74, 6) is 0.147. The molecule has 1 N–H and O–H groups in total. The van der Waals surface area contributed by atoms with Crippen molar-refractivity contribution < 1.29 is 4.79 Å². The first-order valence-electron chi connectivity index (χ1n) is 5.60. The SMILES string of the molecule is N#Cc1cccc(NCCC(=O)c2cccs2)c1. The molecule has 18 heavy (non-hydrogen) atoms. The van der Waals surface area contributed by atoms with Gasteiger partial charge in [-0.15, -0.1) is 11.3 Å². The summed E-state index contributed by atoms with van der Waals surface area (Å²) in [7, 11) is 0. The van der Waals surface area contributed by atoms with Gasteiger partial charge in [-0.1, -0.05) is 12.1 Å². The van der Waals surface area contributed by atoms with Crippen LogP contribution in [0.15, 0.2) is 41.8 Å². The molecule has 2 rings (SSSR count). The minimum Gasteiger partial charge on any atom is -0.385 e. The lowest BCUT2D eigenvalue weighted by Crippen LogP contribution is -2.07. The van der Waals surface area contributed by atoms with Gasteiger partial charge in [0.25, 0.3) is 0 Å². The average molecular weight is 256 g/mol. The van der Waals surface area contributed by atoms with Crippen LogP contribution in [0, 0.1) is 11.3 Å². The predicted molar refractivity (Wildman–Crippen MR) is 72.9 cm³/mol. The molecule has 3 nitrogen and oxygen atoms in total. The molecule has 0 spiro atoms. The van der Waals surface area contributed by atoms with Crippen LogP contribution in [-0.4, -0.2) is 12.3 Å². The first-order chi connectivity index (χ1) is 8.79. The number of carbonyl (C=O) groups excluding carboxylic acids is 1. The van der Waals surface area contributed by atoms with E-state index in [2.05, 4.69) is 11.4 Å². The quantitative estimate of drug-likeness (QED) is 0.835. The summed E-state index contributed by atoms with van der Waals surface area (Å²) < 4.78 is 0. The number of thiophene rings is 1. The Balaban J connectivity index is 1.85. The van der Waals surface area contributed by atoms with Crippen LogP contribution in [0.3, 0.4) is 0 Å². The Hall–Kier alpha value is -2.12. The van der Waals surface area contributed by atoms with Gasteiger partial charge >= 0.3 is 0 Å². The monoisotopic (exact) mass is 256 g/mol. The minimum absolute atomic E-state index is 0.147. The van der Waals surface area contributed by atoms with E-state index in [-0.39, 0.29) is 5.78 Å². The molecule has 0 atom stereocenters. The van der Waals surface area contributed by atoms with Gasteiger partial charge in [0, 0.05) is 18.7 Å². The molecule has 0 radical (unpaired) electrons. The van der Waals surface area contributed by atoms with E-state index in [1.165, 1.54) is 11.3 Å². The van der Waals surface area contributed by atoms with Gasteiger partial charge in [0.05, 0.1) is 16.5 Å². The third-order valence-electron chi connectivity index (χ3n) is 2.47. The lowest BCUT2D eigenvalue weighted by molar-refractivity contribution is 0.0990. The van der Waals surface area contributed by atoms with Crippen molar-refractivity contribution in [3.63, 3.8) is 0 Å². The Labute approximate surface area is 110 Å². The van der Waals surface area contributed by atoms with E-state index in [1.807, 2.05) is 29.6 Å². The van der Waals surface area contributed by atoms with E-state index >= 15 is 0 Å². The Morgan fingerprint density at radius 3 is 2.94 bits per heavy atom. The molecule has 0 saturated heterocycles. The van der Waals surface area contributed by atoms with E-state index in [9.17, 15) is 4.79 Å². The number of ketones is 1. The molecule has 4 heteroatoms. The standard InChI is InChI=1S/C14H12N2OS/c15-10-11-3-1-4-12(9-11)16-7-6-13(17)14-5-2-8-18-14/h1-5,8-9,16H,6-7H2. The fourth-order valence-electron chi connectivity index (χ4n) is 1.58. The molecule has 0 bridgehead atoms. The van der Waals surface area contributed by atoms with Crippen LogP contribution >= 0.6 is 11.3 Å². The first kappa shape index (κ1) is 12.3. The van der Waals surface area contributed by atoms with Crippen LogP contribution < -0.4 is 5.32 Å². The van der Waals surface area contributed by atoms with Gasteiger partial charge in [-0.05, 0) is 29.6 Å². The maximum absolute atomic E-state index is 11.7. The third kappa shape index (κ3) is 3.19. The zero-order chi connectivity index (χ0) is 12.8. The minimum atomic E-state index is 0.147. The maximum atomic E-state index is 11.7. The molecule has 2 aromatic rings. The Kier molecular flexibility index (Phi) is 4.11. The predicted octanol–water partition coefficient (Wildman–Crippen LogP) is 3.30. The number of anilines is 1. The molecule has 1 aromatic carbocycles. The largest absolute Gasteiger partial charge is 0.385 e. The first-order valence-corrected chi connectivity index (χ1v) is 6.48. The molecule has 0 fully saturated rings. The second kappa shape index (κ2) is 5.99. The summed E-state index contributed by atoms with van der Waals surface area (Å²) in [6, 6.07) is 13.0. The average Bonchev–Trinajstić information content (AvgIpc) is 2.93. The highest BCUT2D eigenvalue weighted by Gasteiger charge is 2.05. The molecule has 1 aromatic heterocycles. The second-order valence-electron chi connectivity index (χ2n) is 3.77. The summed E-state index contributed by atoms with van der Waals surface area (Å²) in [6.45, 7) is 0.575. The molecule has 0 aliphatic carbocycles. The number of hydrogen-bond donors (Lipinski definition) is 1. The van der Waals surface area contributed by atoms with Crippen LogP contribution in [-0.2, 0) is 0 Å². The highest BCUT2D eigenvalue weighted by Crippen LogP contribution is 2.13. The van der Waals surface area contributed by atoms with Gasteiger partial charge in [-0.3, -0.25) is 4.79 Å². The molecular formula is C14H12N2OS. The zero-order valence-corrected chi connectivity index (χ0v) is 10.5. The molecule has 0 amide bonds. The van der Waals surface area contributed by atoms with E-state index in [1.54, 1.807) is 12.1 Å². The summed E-state index contributed by atoms with van der Waals surface area (Å²) in [4.78, 5) is 12.5. The summed E-state index contributed by atoms with van der Waals surface area (Å²) >= 11 is 1.46. The number of carbonyl (C=O) groups is 1. The van der Waals surface area contributed by atoms with Crippen LogP contribution in [0.1, 0.15) is 21.7 Å².